The lowest BCUT2D eigenvalue weighted by Crippen LogP contribution is -2.59. The third kappa shape index (κ3) is 1.47. The molecular weight excluding hydrogens is 220 g/mol. The van der Waals surface area contributed by atoms with E-state index < -0.39 is 0 Å². The molecule has 3 saturated heterocycles. The second-order valence-electron chi connectivity index (χ2n) is 5.70. The Labute approximate surface area is 102 Å². The van der Waals surface area contributed by atoms with Gasteiger partial charge in [0.05, 0.1) is 6.61 Å². The fourth-order valence-corrected chi connectivity index (χ4v) is 3.69. The zero-order valence-corrected chi connectivity index (χ0v) is 10.6. The summed E-state index contributed by atoms with van der Waals surface area (Å²) < 4.78 is 17.2. The van der Waals surface area contributed by atoms with Crippen molar-refractivity contribution in [3.05, 3.63) is 0 Å². The first-order chi connectivity index (χ1) is 8.06. The summed E-state index contributed by atoms with van der Waals surface area (Å²) in [5.41, 5.74) is -0.328. The summed E-state index contributed by atoms with van der Waals surface area (Å²) in [5.74, 6) is 1.23. The summed E-state index contributed by atoms with van der Waals surface area (Å²) in [7, 11) is 0. The number of fused-ring (bicyclic) bond motifs is 1. The maximum absolute atomic E-state index is 11.5. The van der Waals surface area contributed by atoms with Gasteiger partial charge in [-0.25, -0.2) is 0 Å². The summed E-state index contributed by atoms with van der Waals surface area (Å²) in [4.78, 5) is 11.5. The van der Waals surface area contributed by atoms with Crippen molar-refractivity contribution in [2.75, 3.05) is 6.61 Å². The van der Waals surface area contributed by atoms with E-state index in [0.717, 1.165) is 13.0 Å². The molecule has 5 unspecified atom stereocenters. The van der Waals surface area contributed by atoms with Crippen molar-refractivity contribution < 1.29 is 19.0 Å². The molecular formula is C13H20O4. The van der Waals surface area contributed by atoms with E-state index in [2.05, 4.69) is 13.8 Å². The number of ether oxygens (including phenoxy) is 3. The lowest BCUT2D eigenvalue weighted by Gasteiger charge is -2.51. The van der Waals surface area contributed by atoms with E-state index in [1.807, 2.05) is 6.92 Å². The summed E-state index contributed by atoms with van der Waals surface area (Å²) in [6.45, 7) is 6.82. The third-order valence-electron chi connectivity index (χ3n) is 4.86. The average molecular weight is 240 g/mol. The van der Waals surface area contributed by atoms with Crippen molar-refractivity contribution in [1.29, 1.82) is 0 Å². The van der Waals surface area contributed by atoms with Gasteiger partial charge in [-0.2, -0.15) is 0 Å². The lowest BCUT2D eigenvalue weighted by molar-refractivity contribution is -0.338. The number of rotatable bonds is 2. The fourth-order valence-electron chi connectivity index (χ4n) is 3.69. The van der Waals surface area contributed by atoms with Crippen LogP contribution in [-0.2, 0) is 19.0 Å². The minimum atomic E-state index is -0.328. The number of hydrogen-bond acceptors (Lipinski definition) is 4. The van der Waals surface area contributed by atoms with Crippen LogP contribution in [0.25, 0.3) is 0 Å². The molecule has 0 aromatic carbocycles. The average Bonchev–Trinajstić information content (AvgIpc) is 2.56. The van der Waals surface area contributed by atoms with Crippen molar-refractivity contribution in [3.63, 3.8) is 0 Å². The molecule has 0 N–H and O–H groups in total. The van der Waals surface area contributed by atoms with E-state index in [0.29, 0.717) is 24.2 Å². The van der Waals surface area contributed by atoms with Crippen LogP contribution in [0, 0.1) is 17.8 Å². The number of carbonyl (C=O) groups excluding carboxylic acids is 1. The van der Waals surface area contributed by atoms with Crippen LogP contribution in [0.2, 0.25) is 0 Å². The Balaban J connectivity index is 1.84. The molecule has 0 aromatic rings. The Morgan fingerprint density at radius 2 is 2.29 bits per heavy atom. The topological polar surface area (TPSA) is 44.8 Å². The summed E-state index contributed by atoms with van der Waals surface area (Å²) in [5, 5.41) is 0. The molecule has 96 valence electrons. The van der Waals surface area contributed by atoms with Gasteiger partial charge < -0.3 is 14.2 Å². The predicted octanol–water partition coefficient (Wildman–Crippen LogP) is 1.73. The Kier molecular flexibility index (Phi) is 2.49. The van der Waals surface area contributed by atoms with E-state index in [4.69, 9.17) is 14.2 Å². The standard InChI is InChI=1S/C13H20O4/c1-4-11(14)16-10-5-8-7(2)12-15-6-9(8)13(10,3)17-12/h7-10,12H,4-6H2,1-3H3/t7?,8?,9?,10-,12?,13?/m0/s1. The molecule has 4 rings (SSSR count). The second-order valence-corrected chi connectivity index (χ2v) is 5.70. The maximum atomic E-state index is 11.5. The van der Waals surface area contributed by atoms with Crippen molar-refractivity contribution in [1.82, 2.24) is 0 Å². The summed E-state index contributed by atoms with van der Waals surface area (Å²) >= 11 is 0. The van der Waals surface area contributed by atoms with Gasteiger partial charge in [-0.1, -0.05) is 13.8 Å². The Bertz CT molecular complexity index is 342. The van der Waals surface area contributed by atoms with Gasteiger partial charge in [0.2, 0.25) is 0 Å². The SMILES string of the molecule is CCC(=O)O[C@H]1CC2C(C)C3OCC2C1(C)O3. The van der Waals surface area contributed by atoms with Gasteiger partial charge in [-0.05, 0) is 19.3 Å². The lowest BCUT2D eigenvalue weighted by atomic mass is 9.76. The van der Waals surface area contributed by atoms with Gasteiger partial charge in [0, 0.05) is 18.3 Å². The van der Waals surface area contributed by atoms with Crippen molar-refractivity contribution in [3.8, 4) is 0 Å². The van der Waals surface area contributed by atoms with E-state index in [1.54, 1.807) is 0 Å². The quantitative estimate of drug-likeness (QED) is 0.689. The highest BCUT2D eigenvalue weighted by Crippen LogP contribution is 2.56. The molecule has 4 bridgehead atoms. The first kappa shape index (κ1) is 11.5. The molecule has 4 heteroatoms. The molecule has 0 radical (unpaired) electrons. The number of carbonyl (C=O) groups is 1. The predicted molar refractivity (Wildman–Crippen MR) is 60.2 cm³/mol. The van der Waals surface area contributed by atoms with Gasteiger partial charge in [0.1, 0.15) is 11.7 Å². The Hall–Kier alpha value is -0.610. The molecule has 3 heterocycles. The highest BCUT2D eigenvalue weighted by molar-refractivity contribution is 5.69. The molecule has 0 amide bonds. The third-order valence-corrected chi connectivity index (χ3v) is 4.86. The van der Waals surface area contributed by atoms with Crippen molar-refractivity contribution in [2.24, 2.45) is 17.8 Å². The molecule has 0 aromatic heterocycles. The van der Waals surface area contributed by atoms with Gasteiger partial charge in [-0.15, -0.1) is 0 Å². The molecule has 0 spiro atoms. The fraction of sp³-hybridized carbons (Fsp3) is 0.923. The van der Waals surface area contributed by atoms with Crippen LogP contribution in [0.5, 0.6) is 0 Å². The highest BCUT2D eigenvalue weighted by atomic mass is 16.7. The van der Waals surface area contributed by atoms with Crippen LogP contribution < -0.4 is 0 Å². The maximum Gasteiger partial charge on any atom is 0.305 e. The van der Waals surface area contributed by atoms with Crippen LogP contribution in [0.4, 0.5) is 0 Å². The van der Waals surface area contributed by atoms with Gasteiger partial charge in [0.25, 0.3) is 0 Å². The largest absolute Gasteiger partial charge is 0.459 e. The van der Waals surface area contributed by atoms with Crippen molar-refractivity contribution in [2.45, 2.75) is 51.6 Å². The molecule has 6 atom stereocenters. The van der Waals surface area contributed by atoms with E-state index in [-0.39, 0.29) is 24.0 Å². The molecule has 1 aliphatic carbocycles. The molecule has 4 aliphatic rings. The summed E-state index contributed by atoms with van der Waals surface area (Å²) in [6, 6.07) is 0. The van der Waals surface area contributed by atoms with Gasteiger partial charge in [0.15, 0.2) is 6.29 Å². The smallest absolute Gasteiger partial charge is 0.305 e. The van der Waals surface area contributed by atoms with Gasteiger partial charge >= 0.3 is 5.97 Å². The van der Waals surface area contributed by atoms with E-state index in [1.165, 1.54) is 0 Å². The van der Waals surface area contributed by atoms with Crippen LogP contribution in [0.15, 0.2) is 0 Å². The first-order valence-electron chi connectivity index (χ1n) is 6.55. The zero-order valence-electron chi connectivity index (χ0n) is 10.6. The molecule has 3 aliphatic heterocycles. The number of hydrogen-bond donors (Lipinski definition) is 0. The second kappa shape index (κ2) is 3.69. The van der Waals surface area contributed by atoms with E-state index >= 15 is 0 Å². The van der Waals surface area contributed by atoms with Crippen LogP contribution >= 0.6 is 0 Å². The summed E-state index contributed by atoms with van der Waals surface area (Å²) in [6.07, 6.45) is 1.15. The van der Waals surface area contributed by atoms with Gasteiger partial charge in [-0.3, -0.25) is 4.79 Å². The molecule has 4 nitrogen and oxygen atoms in total. The van der Waals surface area contributed by atoms with Crippen LogP contribution in [-0.4, -0.2) is 30.6 Å². The normalized spacial score (nSPS) is 51.6. The van der Waals surface area contributed by atoms with Crippen LogP contribution in [0.1, 0.15) is 33.6 Å². The van der Waals surface area contributed by atoms with E-state index in [9.17, 15) is 4.79 Å². The highest BCUT2D eigenvalue weighted by Gasteiger charge is 2.64. The minimum Gasteiger partial charge on any atom is -0.459 e. The monoisotopic (exact) mass is 240 g/mol. The Morgan fingerprint density at radius 3 is 2.94 bits per heavy atom. The number of esters is 1. The van der Waals surface area contributed by atoms with Crippen molar-refractivity contribution >= 4 is 5.97 Å². The Morgan fingerprint density at radius 1 is 1.53 bits per heavy atom. The molecule has 4 fully saturated rings. The molecule has 17 heavy (non-hydrogen) atoms. The molecule has 1 saturated carbocycles. The zero-order chi connectivity index (χ0) is 12.2. The van der Waals surface area contributed by atoms with Crippen LogP contribution in [0.3, 0.4) is 0 Å². The minimum absolute atomic E-state index is 0.0960. The first-order valence-corrected chi connectivity index (χ1v) is 6.55.